The van der Waals surface area contributed by atoms with Crippen molar-refractivity contribution in [3.8, 4) is 0 Å². The Morgan fingerprint density at radius 3 is 2.50 bits per heavy atom. The maximum atomic E-state index is 10.7. The first kappa shape index (κ1) is 12.3. The van der Waals surface area contributed by atoms with Gasteiger partial charge in [0.25, 0.3) is 0 Å². The minimum Gasteiger partial charge on any atom is -0.480 e. The lowest BCUT2D eigenvalue weighted by Gasteiger charge is -2.21. The molecule has 16 heavy (non-hydrogen) atoms. The molecule has 1 aromatic carbocycles. The van der Waals surface area contributed by atoms with Gasteiger partial charge in [-0.3, -0.25) is 4.79 Å². The van der Waals surface area contributed by atoms with Crippen molar-refractivity contribution in [2.75, 3.05) is 18.0 Å². The second-order valence-corrected chi connectivity index (χ2v) is 3.68. The van der Waals surface area contributed by atoms with Gasteiger partial charge in [0.05, 0.1) is 0 Å². The van der Waals surface area contributed by atoms with Gasteiger partial charge in [0.1, 0.15) is 6.54 Å². The number of anilines is 1. The van der Waals surface area contributed by atoms with Crippen LogP contribution in [0.4, 0.5) is 5.69 Å². The maximum Gasteiger partial charge on any atom is 0.323 e. The van der Waals surface area contributed by atoms with E-state index in [0.29, 0.717) is 6.54 Å². The molecule has 1 aromatic rings. The number of nitrogens with zero attached hydrogens (tertiary/aromatic N) is 1. The Morgan fingerprint density at radius 1 is 1.38 bits per heavy atom. The van der Waals surface area contributed by atoms with E-state index in [1.54, 1.807) is 0 Å². The smallest absolute Gasteiger partial charge is 0.323 e. The van der Waals surface area contributed by atoms with E-state index < -0.39 is 5.97 Å². The van der Waals surface area contributed by atoms with E-state index in [4.69, 9.17) is 5.11 Å². The highest BCUT2D eigenvalue weighted by Gasteiger charge is 2.08. The van der Waals surface area contributed by atoms with Crippen LogP contribution in [-0.4, -0.2) is 24.2 Å². The molecule has 0 saturated heterocycles. The van der Waals surface area contributed by atoms with Gasteiger partial charge in [-0.25, -0.2) is 0 Å². The van der Waals surface area contributed by atoms with Crippen LogP contribution in [0.5, 0.6) is 0 Å². The molecule has 0 bridgehead atoms. The van der Waals surface area contributed by atoms with Crippen LogP contribution in [0.3, 0.4) is 0 Å². The van der Waals surface area contributed by atoms with Crippen LogP contribution in [0.2, 0.25) is 0 Å². The summed E-state index contributed by atoms with van der Waals surface area (Å²) in [5.41, 5.74) is 2.11. The second-order valence-electron chi connectivity index (χ2n) is 3.68. The summed E-state index contributed by atoms with van der Waals surface area (Å²) in [5.74, 6) is -0.815. The molecule has 0 aliphatic rings. The molecule has 1 N–H and O–H groups in total. The minimum atomic E-state index is -0.815. The van der Waals surface area contributed by atoms with Crippen LogP contribution < -0.4 is 4.90 Å². The topological polar surface area (TPSA) is 40.5 Å². The summed E-state index contributed by atoms with van der Waals surface area (Å²) in [5, 5.41) is 8.83. The summed E-state index contributed by atoms with van der Waals surface area (Å²) in [7, 11) is 0. The Bertz CT molecular complexity index is 368. The molecule has 1 rings (SSSR count). The van der Waals surface area contributed by atoms with Gasteiger partial charge in [-0.2, -0.15) is 0 Å². The first-order valence-corrected chi connectivity index (χ1v) is 5.28. The fourth-order valence-electron chi connectivity index (χ4n) is 1.41. The van der Waals surface area contributed by atoms with Gasteiger partial charge in [-0.05, 0) is 26.0 Å². The lowest BCUT2D eigenvalue weighted by molar-refractivity contribution is -0.135. The monoisotopic (exact) mass is 219 g/mol. The van der Waals surface area contributed by atoms with E-state index in [1.807, 2.05) is 55.2 Å². The molecule has 0 heterocycles. The first-order valence-electron chi connectivity index (χ1n) is 5.28. The fraction of sp³-hybridized carbons (Fsp3) is 0.308. The van der Waals surface area contributed by atoms with Gasteiger partial charge in [0, 0.05) is 12.2 Å². The van der Waals surface area contributed by atoms with Crippen LogP contribution in [-0.2, 0) is 4.79 Å². The van der Waals surface area contributed by atoms with E-state index in [0.717, 1.165) is 5.69 Å². The van der Waals surface area contributed by atoms with Gasteiger partial charge in [0.2, 0.25) is 0 Å². The molecule has 0 aliphatic heterocycles. The number of carboxylic acids is 1. The summed E-state index contributed by atoms with van der Waals surface area (Å²) in [4.78, 5) is 12.6. The standard InChI is InChI=1S/C13H17NO2/c1-3-4-9-14(10-13(15)16)12-7-5-11(2)6-8-12/h3-8H,9-10H2,1-2H3,(H,15,16)/b4-3+. The molecule has 3 heteroatoms. The summed E-state index contributed by atoms with van der Waals surface area (Å²) >= 11 is 0. The summed E-state index contributed by atoms with van der Waals surface area (Å²) in [6.45, 7) is 4.57. The van der Waals surface area contributed by atoms with Crippen molar-refractivity contribution < 1.29 is 9.90 Å². The molecule has 0 radical (unpaired) electrons. The number of hydrogen-bond donors (Lipinski definition) is 1. The Morgan fingerprint density at radius 2 is 2.00 bits per heavy atom. The molecule has 86 valence electrons. The number of carboxylic acid groups (broad SMARTS) is 1. The van der Waals surface area contributed by atoms with E-state index in [9.17, 15) is 4.79 Å². The van der Waals surface area contributed by atoms with Gasteiger partial charge in [-0.1, -0.05) is 29.8 Å². The summed E-state index contributed by atoms with van der Waals surface area (Å²) < 4.78 is 0. The third kappa shape index (κ3) is 3.77. The summed E-state index contributed by atoms with van der Waals surface area (Å²) in [6, 6.07) is 7.86. The predicted molar refractivity (Wildman–Crippen MR) is 65.8 cm³/mol. The molecule has 0 atom stereocenters. The fourth-order valence-corrected chi connectivity index (χ4v) is 1.41. The molecular weight excluding hydrogens is 202 g/mol. The lowest BCUT2D eigenvalue weighted by atomic mass is 10.2. The first-order chi connectivity index (χ1) is 7.63. The van der Waals surface area contributed by atoms with Crippen molar-refractivity contribution in [3.63, 3.8) is 0 Å². The number of hydrogen-bond acceptors (Lipinski definition) is 2. The zero-order chi connectivity index (χ0) is 12.0. The highest BCUT2D eigenvalue weighted by atomic mass is 16.4. The highest BCUT2D eigenvalue weighted by molar-refractivity contribution is 5.73. The molecule has 0 amide bonds. The van der Waals surface area contributed by atoms with Crippen molar-refractivity contribution in [2.24, 2.45) is 0 Å². The average molecular weight is 219 g/mol. The lowest BCUT2D eigenvalue weighted by Crippen LogP contribution is -2.29. The third-order valence-corrected chi connectivity index (χ3v) is 2.29. The highest BCUT2D eigenvalue weighted by Crippen LogP contribution is 2.14. The van der Waals surface area contributed by atoms with E-state index >= 15 is 0 Å². The quantitative estimate of drug-likeness (QED) is 0.773. The number of rotatable bonds is 5. The number of benzene rings is 1. The van der Waals surface area contributed by atoms with Crippen LogP contribution >= 0.6 is 0 Å². The molecule has 3 nitrogen and oxygen atoms in total. The number of aliphatic carboxylic acids is 1. The average Bonchev–Trinajstić information content (AvgIpc) is 2.25. The Kier molecular flexibility index (Phi) is 4.58. The zero-order valence-electron chi connectivity index (χ0n) is 9.68. The van der Waals surface area contributed by atoms with Gasteiger partial charge in [0.15, 0.2) is 0 Å². The number of aryl methyl sites for hydroxylation is 1. The Balaban J connectivity index is 2.82. The van der Waals surface area contributed by atoms with Gasteiger partial charge >= 0.3 is 5.97 Å². The molecule has 0 aromatic heterocycles. The normalized spacial score (nSPS) is 10.6. The predicted octanol–water partition coefficient (Wildman–Crippen LogP) is 2.46. The van der Waals surface area contributed by atoms with Gasteiger partial charge < -0.3 is 10.0 Å². The van der Waals surface area contributed by atoms with Crippen molar-refractivity contribution in [1.29, 1.82) is 0 Å². The third-order valence-electron chi connectivity index (χ3n) is 2.29. The molecule has 0 saturated carbocycles. The Labute approximate surface area is 96.0 Å². The molecular formula is C13H17NO2. The minimum absolute atomic E-state index is 0.0212. The van der Waals surface area contributed by atoms with Crippen LogP contribution in [0, 0.1) is 6.92 Å². The number of carbonyl (C=O) groups is 1. The summed E-state index contributed by atoms with van der Waals surface area (Å²) in [6.07, 6.45) is 3.87. The van der Waals surface area contributed by atoms with E-state index in [2.05, 4.69) is 0 Å². The molecule has 0 aliphatic carbocycles. The molecule has 0 fully saturated rings. The van der Waals surface area contributed by atoms with Crippen molar-refractivity contribution in [1.82, 2.24) is 0 Å². The SMILES string of the molecule is C/C=C/CN(CC(=O)O)c1ccc(C)cc1. The van der Waals surface area contributed by atoms with Gasteiger partial charge in [-0.15, -0.1) is 0 Å². The molecule has 0 spiro atoms. The van der Waals surface area contributed by atoms with Crippen LogP contribution in [0.25, 0.3) is 0 Å². The largest absolute Gasteiger partial charge is 0.480 e. The zero-order valence-corrected chi connectivity index (χ0v) is 9.68. The maximum absolute atomic E-state index is 10.7. The van der Waals surface area contributed by atoms with Crippen LogP contribution in [0.1, 0.15) is 12.5 Å². The molecule has 0 unspecified atom stereocenters. The van der Waals surface area contributed by atoms with Crippen LogP contribution in [0.15, 0.2) is 36.4 Å². The Hall–Kier alpha value is -1.77. The van der Waals surface area contributed by atoms with E-state index in [-0.39, 0.29) is 6.54 Å². The van der Waals surface area contributed by atoms with Crippen molar-refractivity contribution >= 4 is 11.7 Å². The van der Waals surface area contributed by atoms with Crippen molar-refractivity contribution in [2.45, 2.75) is 13.8 Å². The van der Waals surface area contributed by atoms with Crippen molar-refractivity contribution in [3.05, 3.63) is 42.0 Å². The number of allylic oxidation sites excluding steroid dienone is 1. The second kappa shape index (κ2) is 5.95. The van der Waals surface area contributed by atoms with E-state index in [1.165, 1.54) is 5.56 Å².